The maximum atomic E-state index is 12.6. The predicted molar refractivity (Wildman–Crippen MR) is 75.7 cm³/mol. The Kier molecular flexibility index (Phi) is 3.64. The van der Waals surface area contributed by atoms with Gasteiger partial charge in [0.15, 0.2) is 5.78 Å². The second-order valence-corrected chi connectivity index (χ2v) is 6.18. The van der Waals surface area contributed by atoms with E-state index in [9.17, 15) is 4.79 Å². The standard InChI is InChI=1S/C16H19ClO2/c17-14-6-2-1-5-13(14)15(18)12-7-10-19-16(11-12)8-3-4-9-16/h1-2,5-6,12H,3-4,7-11H2. The average molecular weight is 279 g/mol. The molecule has 2 aliphatic rings. The van der Waals surface area contributed by atoms with Crippen molar-refractivity contribution < 1.29 is 9.53 Å². The summed E-state index contributed by atoms with van der Waals surface area (Å²) in [6, 6.07) is 7.37. The largest absolute Gasteiger partial charge is 0.375 e. The lowest BCUT2D eigenvalue weighted by Gasteiger charge is -2.37. The molecule has 0 N–H and O–H groups in total. The molecule has 1 aromatic carbocycles. The highest BCUT2D eigenvalue weighted by Gasteiger charge is 2.42. The minimum atomic E-state index is -0.0141. The van der Waals surface area contributed by atoms with Crippen LogP contribution in [0.1, 0.15) is 48.9 Å². The molecular formula is C16H19ClO2. The minimum Gasteiger partial charge on any atom is -0.375 e. The molecule has 1 atom stereocenters. The fourth-order valence-corrected chi connectivity index (χ4v) is 3.73. The first kappa shape index (κ1) is 13.1. The Hall–Kier alpha value is -0.860. The maximum Gasteiger partial charge on any atom is 0.167 e. The monoisotopic (exact) mass is 278 g/mol. The molecule has 0 bridgehead atoms. The van der Waals surface area contributed by atoms with Crippen molar-refractivity contribution >= 4 is 17.4 Å². The van der Waals surface area contributed by atoms with E-state index in [1.807, 2.05) is 18.2 Å². The Bertz CT molecular complexity index is 477. The number of benzene rings is 1. The Balaban J connectivity index is 1.78. The summed E-state index contributed by atoms with van der Waals surface area (Å²) in [7, 11) is 0. The van der Waals surface area contributed by atoms with Gasteiger partial charge in [-0.25, -0.2) is 0 Å². The Morgan fingerprint density at radius 3 is 2.74 bits per heavy atom. The SMILES string of the molecule is O=C(c1ccccc1Cl)C1CCOC2(CCCC2)C1. The van der Waals surface area contributed by atoms with Gasteiger partial charge in [-0.3, -0.25) is 4.79 Å². The van der Waals surface area contributed by atoms with Crippen LogP contribution in [0, 0.1) is 5.92 Å². The number of ketones is 1. The van der Waals surface area contributed by atoms with Gasteiger partial charge in [0.25, 0.3) is 0 Å². The molecule has 1 aromatic rings. The quantitative estimate of drug-likeness (QED) is 0.756. The zero-order chi connectivity index (χ0) is 13.3. The van der Waals surface area contributed by atoms with Gasteiger partial charge in [0.1, 0.15) is 0 Å². The first-order chi connectivity index (χ1) is 9.20. The molecule has 1 heterocycles. The lowest BCUT2D eigenvalue weighted by molar-refractivity contribution is -0.0866. The van der Waals surface area contributed by atoms with Crippen molar-refractivity contribution in [1.82, 2.24) is 0 Å². The van der Waals surface area contributed by atoms with E-state index < -0.39 is 0 Å². The summed E-state index contributed by atoms with van der Waals surface area (Å²) < 4.78 is 5.99. The van der Waals surface area contributed by atoms with Crippen LogP contribution in [0.5, 0.6) is 0 Å². The van der Waals surface area contributed by atoms with Crippen molar-refractivity contribution in [3.8, 4) is 0 Å². The highest BCUT2D eigenvalue weighted by Crippen LogP contribution is 2.43. The van der Waals surface area contributed by atoms with Crippen LogP contribution in [0.3, 0.4) is 0 Å². The number of Topliss-reactive ketones (excluding diaryl/α,β-unsaturated/α-hetero) is 1. The number of carbonyl (C=O) groups excluding carboxylic acids is 1. The molecular weight excluding hydrogens is 260 g/mol. The van der Waals surface area contributed by atoms with Crippen molar-refractivity contribution in [3.05, 3.63) is 34.9 Å². The van der Waals surface area contributed by atoms with Gasteiger partial charge >= 0.3 is 0 Å². The summed E-state index contributed by atoms with van der Waals surface area (Å²) in [5.74, 6) is 0.270. The van der Waals surface area contributed by atoms with E-state index in [0.29, 0.717) is 17.2 Å². The second-order valence-electron chi connectivity index (χ2n) is 5.77. The molecule has 2 nitrogen and oxygen atoms in total. The summed E-state index contributed by atoms with van der Waals surface area (Å²) in [6.07, 6.45) is 6.38. The van der Waals surface area contributed by atoms with Crippen molar-refractivity contribution in [3.63, 3.8) is 0 Å². The topological polar surface area (TPSA) is 26.3 Å². The number of hydrogen-bond acceptors (Lipinski definition) is 2. The van der Waals surface area contributed by atoms with Crippen LogP contribution in [-0.2, 0) is 4.74 Å². The molecule has 3 heteroatoms. The Morgan fingerprint density at radius 1 is 1.26 bits per heavy atom. The van der Waals surface area contributed by atoms with E-state index in [-0.39, 0.29) is 17.3 Å². The average Bonchev–Trinajstić information content (AvgIpc) is 2.86. The number of hydrogen-bond donors (Lipinski definition) is 0. The molecule has 2 fully saturated rings. The second kappa shape index (κ2) is 5.26. The molecule has 0 amide bonds. The number of halogens is 1. The number of ether oxygens (including phenoxy) is 1. The van der Waals surface area contributed by atoms with Gasteiger partial charge in [0.2, 0.25) is 0 Å². The molecule has 1 spiro atoms. The van der Waals surface area contributed by atoms with E-state index in [4.69, 9.17) is 16.3 Å². The van der Waals surface area contributed by atoms with Gasteiger partial charge in [-0.15, -0.1) is 0 Å². The van der Waals surface area contributed by atoms with Crippen LogP contribution in [0.15, 0.2) is 24.3 Å². The van der Waals surface area contributed by atoms with Gasteiger partial charge < -0.3 is 4.74 Å². The summed E-state index contributed by atoms with van der Waals surface area (Å²) >= 11 is 6.14. The van der Waals surface area contributed by atoms with E-state index in [0.717, 1.165) is 25.7 Å². The lowest BCUT2D eigenvalue weighted by atomic mass is 9.81. The third-order valence-corrected chi connectivity index (χ3v) is 4.85. The predicted octanol–water partition coefficient (Wildman–Crippen LogP) is 4.26. The molecule has 3 rings (SSSR count). The Labute approximate surface area is 119 Å². The first-order valence-electron chi connectivity index (χ1n) is 7.13. The van der Waals surface area contributed by atoms with Gasteiger partial charge in [-0.2, -0.15) is 0 Å². The van der Waals surface area contributed by atoms with Crippen molar-refractivity contribution in [2.45, 2.75) is 44.1 Å². The molecule has 102 valence electrons. The zero-order valence-corrected chi connectivity index (χ0v) is 11.8. The maximum absolute atomic E-state index is 12.6. The molecule has 19 heavy (non-hydrogen) atoms. The molecule has 1 saturated carbocycles. The summed E-state index contributed by atoms with van der Waals surface area (Å²) in [5.41, 5.74) is 0.657. The fraction of sp³-hybridized carbons (Fsp3) is 0.562. The number of rotatable bonds is 2. The molecule has 1 saturated heterocycles. The highest BCUT2D eigenvalue weighted by atomic mass is 35.5. The lowest BCUT2D eigenvalue weighted by Crippen LogP contribution is -2.39. The minimum absolute atomic E-state index is 0.0141. The van der Waals surface area contributed by atoms with Crippen LogP contribution < -0.4 is 0 Å². The van der Waals surface area contributed by atoms with Crippen LogP contribution in [0.4, 0.5) is 0 Å². The van der Waals surface area contributed by atoms with Crippen LogP contribution in [0.25, 0.3) is 0 Å². The summed E-state index contributed by atoms with van der Waals surface area (Å²) in [5, 5.41) is 0.569. The molecule has 1 aliphatic carbocycles. The molecule has 0 radical (unpaired) electrons. The fourth-order valence-electron chi connectivity index (χ4n) is 3.50. The normalized spacial score (nSPS) is 25.6. The first-order valence-corrected chi connectivity index (χ1v) is 7.51. The van der Waals surface area contributed by atoms with Crippen LogP contribution in [-0.4, -0.2) is 18.0 Å². The third-order valence-electron chi connectivity index (χ3n) is 4.52. The summed E-state index contributed by atoms with van der Waals surface area (Å²) in [4.78, 5) is 12.6. The van der Waals surface area contributed by atoms with Crippen molar-refractivity contribution in [1.29, 1.82) is 0 Å². The highest BCUT2D eigenvalue weighted by molar-refractivity contribution is 6.34. The smallest absolute Gasteiger partial charge is 0.167 e. The molecule has 1 unspecified atom stereocenters. The van der Waals surface area contributed by atoms with Crippen molar-refractivity contribution in [2.24, 2.45) is 5.92 Å². The molecule has 1 aliphatic heterocycles. The van der Waals surface area contributed by atoms with Crippen molar-refractivity contribution in [2.75, 3.05) is 6.61 Å². The third kappa shape index (κ3) is 2.56. The van der Waals surface area contributed by atoms with Crippen LogP contribution >= 0.6 is 11.6 Å². The van der Waals surface area contributed by atoms with Gasteiger partial charge in [-0.1, -0.05) is 36.6 Å². The Morgan fingerprint density at radius 2 is 2.00 bits per heavy atom. The van der Waals surface area contributed by atoms with Gasteiger partial charge in [0, 0.05) is 18.1 Å². The number of carbonyl (C=O) groups is 1. The summed E-state index contributed by atoms with van der Waals surface area (Å²) in [6.45, 7) is 0.709. The van der Waals surface area contributed by atoms with E-state index in [2.05, 4.69) is 0 Å². The van der Waals surface area contributed by atoms with Gasteiger partial charge in [-0.05, 0) is 37.8 Å². The van der Waals surface area contributed by atoms with E-state index in [1.165, 1.54) is 12.8 Å². The van der Waals surface area contributed by atoms with E-state index in [1.54, 1.807) is 6.07 Å². The molecule has 0 aromatic heterocycles. The van der Waals surface area contributed by atoms with Crippen LogP contribution in [0.2, 0.25) is 5.02 Å². The van der Waals surface area contributed by atoms with Gasteiger partial charge in [0.05, 0.1) is 10.6 Å². The zero-order valence-electron chi connectivity index (χ0n) is 11.0. The van der Waals surface area contributed by atoms with E-state index >= 15 is 0 Å².